The van der Waals surface area contributed by atoms with Crippen molar-refractivity contribution in [3.63, 3.8) is 0 Å². The van der Waals surface area contributed by atoms with E-state index in [1.54, 1.807) is 0 Å². The molecule has 0 bridgehead atoms. The van der Waals surface area contributed by atoms with Gasteiger partial charge in [-0.15, -0.1) is 0 Å². The number of H-pyrrole nitrogens is 1. The van der Waals surface area contributed by atoms with E-state index in [0.717, 1.165) is 0 Å². The predicted molar refractivity (Wildman–Crippen MR) is 53.8 cm³/mol. The molecule has 0 saturated carbocycles. The average molecular weight is 259 g/mol. The number of hydrogen-bond donors (Lipinski definition) is 2. The molecule has 1 aromatic heterocycles. The Morgan fingerprint density at radius 2 is 2.43 bits per heavy atom. The zero-order valence-electron chi connectivity index (χ0n) is 7.08. The van der Waals surface area contributed by atoms with Crippen LogP contribution in [0.25, 0.3) is 0 Å². The molecule has 0 saturated heterocycles. The molecule has 6 heteroatoms. The number of aromatic nitrogens is 1. The lowest BCUT2D eigenvalue weighted by molar-refractivity contribution is 0.345. The fourth-order valence-corrected chi connectivity index (χ4v) is 1.57. The molecule has 0 radical (unpaired) electrons. The lowest BCUT2D eigenvalue weighted by Gasteiger charge is -2.04. The quantitative estimate of drug-likeness (QED) is 0.726. The maximum Gasteiger partial charge on any atom is 0.237 e. The third-order valence-electron chi connectivity index (χ3n) is 1.77. The van der Waals surface area contributed by atoms with Crippen LogP contribution in [0.15, 0.2) is 20.5 Å². The van der Waals surface area contributed by atoms with E-state index in [-0.39, 0.29) is 17.3 Å². The van der Waals surface area contributed by atoms with Gasteiger partial charge in [0.1, 0.15) is 12.3 Å². The highest BCUT2D eigenvalue weighted by atomic mass is 79.9. The number of halogens is 1. The van der Waals surface area contributed by atoms with Gasteiger partial charge in [-0.3, -0.25) is 4.79 Å². The van der Waals surface area contributed by atoms with Gasteiger partial charge in [0.2, 0.25) is 11.3 Å². The number of aliphatic imine (C=N–C) groups is 1. The maximum absolute atomic E-state index is 11.2. The summed E-state index contributed by atoms with van der Waals surface area (Å²) >= 11 is 3.12. The lowest BCUT2D eigenvalue weighted by atomic mass is 10.3. The second-order valence-electron chi connectivity index (χ2n) is 2.74. The van der Waals surface area contributed by atoms with Crippen LogP contribution in [0.3, 0.4) is 0 Å². The average Bonchev–Trinajstić information content (AvgIpc) is 2.63. The van der Waals surface area contributed by atoms with Crippen molar-refractivity contribution in [2.45, 2.75) is 0 Å². The van der Waals surface area contributed by atoms with Crippen LogP contribution in [0.4, 0.5) is 0 Å². The highest BCUT2D eigenvalue weighted by Crippen LogP contribution is 2.16. The number of nitrogens with zero attached hydrogens (tertiary/aromatic N) is 1. The Bertz CT molecular complexity index is 452. The molecule has 2 heterocycles. The molecular formula is C8H7BrN2O3. The second-order valence-corrected chi connectivity index (χ2v) is 3.59. The molecule has 0 aromatic carbocycles. The van der Waals surface area contributed by atoms with Crippen molar-refractivity contribution in [1.82, 2.24) is 4.98 Å². The van der Waals surface area contributed by atoms with Gasteiger partial charge in [0.25, 0.3) is 0 Å². The minimum Gasteiger partial charge on any atom is -0.503 e. The van der Waals surface area contributed by atoms with E-state index >= 15 is 0 Å². The van der Waals surface area contributed by atoms with Crippen molar-refractivity contribution in [2.24, 2.45) is 4.99 Å². The molecule has 1 aromatic rings. The number of nitrogens with one attached hydrogen (secondary N) is 1. The zero-order chi connectivity index (χ0) is 10.1. The smallest absolute Gasteiger partial charge is 0.237 e. The Labute approximate surface area is 87.6 Å². The molecule has 0 atom stereocenters. The van der Waals surface area contributed by atoms with Crippen molar-refractivity contribution in [2.75, 3.05) is 13.2 Å². The van der Waals surface area contributed by atoms with Crippen LogP contribution in [0, 0.1) is 0 Å². The van der Waals surface area contributed by atoms with Crippen molar-refractivity contribution < 1.29 is 9.84 Å². The molecule has 74 valence electrons. The minimum absolute atomic E-state index is 0.224. The molecule has 0 spiro atoms. The van der Waals surface area contributed by atoms with E-state index < -0.39 is 5.43 Å². The topological polar surface area (TPSA) is 74.7 Å². The van der Waals surface area contributed by atoms with Crippen LogP contribution in [0.2, 0.25) is 0 Å². The van der Waals surface area contributed by atoms with Gasteiger partial charge < -0.3 is 14.8 Å². The Morgan fingerprint density at radius 1 is 1.64 bits per heavy atom. The molecule has 1 aliphatic rings. The number of aromatic hydroxyl groups is 1. The molecule has 5 nitrogen and oxygen atoms in total. The second kappa shape index (κ2) is 3.45. The standard InChI is InChI=1S/C8H7BrN2O3/c9-5-3-4(12)7(13)6(11-5)8-10-1-2-14-8/h3,13H,1-2H2,(H,11,12). The normalized spacial score (nSPS) is 15.1. The van der Waals surface area contributed by atoms with E-state index in [2.05, 4.69) is 25.9 Å². The van der Waals surface area contributed by atoms with Crippen molar-refractivity contribution in [1.29, 1.82) is 0 Å². The summed E-state index contributed by atoms with van der Waals surface area (Å²) in [5, 5.41) is 9.46. The minimum atomic E-state index is -0.469. The third-order valence-corrected chi connectivity index (χ3v) is 2.20. The van der Waals surface area contributed by atoms with E-state index in [0.29, 0.717) is 17.8 Å². The first kappa shape index (κ1) is 9.26. The number of ether oxygens (including phenoxy) is 1. The summed E-state index contributed by atoms with van der Waals surface area (Å²) in [6.07, 6.45) is 0. The first-order chi connectivity index (χ1) is 6.68. The van der Waals surface area contributed by atoms with E-state index in [4.69, 9.17) is 4.74 Å². The van der Waals surface area contributed by atoms with Gasteiger partial charge in [-0.1, -0.05) is 0 Å². The van der Waals surface area contributed by atoms with Gasteiger partial charge in [0.05, 0.1) is 11.1 Å². The Morgan fingerprint density at radius 3 is 3.07 bits per heavy atom. The molecule has 14 heavy (non-hydrogen) atoms. The van der Waals surface area contributed by atoms with Crippen LogP contribution in [0.1, 0.15) is 5.69 Å². The summed E-state index contributed by atoms with van der Waals surface area (Å²) < 4.78 is 5.61. The molecule has 0 aliphatic carbocycles. The number of pyridine rings is 1. The Hall–Kier alpha value is -1.30. The van der Waals surface area contributed by atoms with Crippen molar-refractivity contribution in [3.8, 4) is 5.75 Å². The molecular weight excluding hydrogens is 252 g/mol. The van der Waals surface area contributed by atoms with Crippen LogP contribution in [-0.2, 0) is 4.74 Å². The zero-order valence-corrected chi connectivity index (χ0v) is 8.67. The summed E-state index contributed by atoms with van der Waals surface area (Å²) in [6.45, 7) is 1.02. The van der Waals surface area contributed by atoms with Crippen LogP contribution < -0.4 is 5.43 Å². The van der Waals surface area contributed by atoms with E-state index in [1.165, 1.54) is 6.07 Å². The number of hydrogen-bond acceptors (Lipinski definition) is 4. The fraction of sp³-hybridized carbons (Fsp3) is 0.250. The van der Waals surface area contributed by atoms with Crippen molar-refractivity contribution >= 4 is 21.8 Å². The first-order valence-corrected chi connectivity index (χ1v) is 4.77. The van der Waals surface area contributed by atoms with Gasteiger partial charge >= 0.3 is 0 Å². The Kier molecular flexibility index (Phi) is 2.28. The molecule has 2 rings (SSSR count). The van der Waals surface area contributed by atoms with E-state index in [1.807, 2.05) is 0 Å². The number of rotatable bonds is 1. The van der Waals surface area contributed by atoms with Gasteiger partial charge in [0.15, 0.2) is 5.75 Å². The molecule has 1 aliphatic heterocycles. The van der Waals surface area contributed by atoms with Gasteiger partial charge in [-0.25, -0.2) is 4.99 Å². The summed E-state index contributed by atoms with van der Waals surface area (Å²) in [5.41, 5.74) is -0.245. The Balaban J connectivity index is 2.57. The van der Waals surface area contributed by atoms with Gasteiger partial charge in [-0.2, -0.15) is 0 Å². The molecule has 0 fully saturated rings. The lowest BCUT2D eigenvalue weighted by Crippen LogP contribution is -2.11. The largest absolute Gasteiger partial charge is 0.503 e. The summed E-state index contributed by atoms with van der Waals surface area (Å²) in [7, 11) is 0. The van der Waals surface area contributed by atoms with Crippen LogP contribution >= 0.6 is 15.9 Å². The maximum atomic E-state index is 11.2. The summed E-state index contributed by atoms with van der Waals surface area (Å²) in [6, 6.07) is 1.24. The van der Waals surface area contributed by atoms with Crippen molar-refractivity contribution in [3.05, 3.63) is 26.6 Å². The van der Waals surface area contributed by atoms with Crippen LogP contribution in [0.5, 0.6) is 5.75 Å². The van der Waals surface area contributed by atoms with E-state index in [9.17, 15) is 9.90 Å². The molecule has 0 amide bonds. The first-order valence-electron chi connectivity index (χ1n) is 3.98. The summed E-state index contributed by atoms with van der Waals surface area (Å²) in [4.78, 5) is 18.0. The molecule has 0 unspecified atom stereocenters. The van der Waals surface area contributed by atoms with Gasteiger partial charge in [0, 0.05) is 6.07 Å². The fourth-order valence-electron chi connectivity index (χ4n) is 1.16. The molecule has 2 N–H and O–H groups in total. The number of aromatic amines is 1. The SMILES string of the molecule is O=c1cc(Br)[nH]c(C2=NCCO2)c1O. The highest BCUT2D eigenvalue weighted by molar-refractivity contribution is 9.10. The summed E-state index contributed by atoms with van der Waals surface area (Å²) in [5.74, 6) is -0.0882. The predicted octanol–water partition coefficient (Wildman–Crippen LogP) is 0.620. The van der Waals surface area contributed by atoms with Gasteiger partial charge in [-0.05, 0) is 15.9 Å². The monoisotopic (exact) mass is 258 g/mol. The highest BCUT2D eigenvalue weighted by Gasteiger charge is 2.17. The van der Waals surface area contributed by atoms with Crippen LogP contribution in [-0.4, -0.2) is 29.1 Å². The third kappa shape index (κ3) is 1.52.